The van der Waals surface area contributed by atoms with E-state index in [2.05, 4.69) is 51.5 Å². The third-order valence-corrected chi connectivity index (χ3v) is 13.9. The fourth-order valence-electron chi connectivity index (χ4n) is 4.14. The molecule has 2 aromatic rings. The number of amides is 1. The highest BCUT2D eigenvalue weighted by molar-refractivity contribution is 7.92. The van der Waals surface area contributed by atoms with Crippen molar-refractivity contribution in [3.63, 3.8) is 0 Å². The van der Waals surface area contributed by atoms with E-state index in [9.17, 15) is 13.2 Å². The number of hydrogen-bond donors (Lipinski definition) is 1. The van der Waals surface area contributed by atoms with Gasteiger partial charge in [0, 0.05) is 0 Å². The number of hydrogen-bond acceptors (Lipinski definition) is 4. The lowest BCUT2D eigenvalue weighted by Crippen LogP contribution is -2.50. The Morgan fingerprint density at radius 2 is 1.56 bits per heavy atom. The van der Waals surface area contributed by atoms with Gasteiger partial charge in [0.2, 0.25) is 14.2 Å². The van der Waals surface area contributed by atoms with Gasteiger partial charge in [0.1, 0.15) is 0 Å². The maximum Gasteiger partial charge on any atom is 0.246 e. The van der Waals surface area contributed by atoms with Gasteiger partial charge in [-0.1, -0.05) is 88.2 Å². The van der Waals surface area contributed by atoms with E-state index in [-0.39, 0.29) is 16.7 Å². The highest BCUT2D eigenvalue weighted by atomic mass is 32.2. The Morgan fingerprint density at radius 3 is 2.18 bits per heavy atom. The van der Waals surface area contributed by atoms with Crippen molar-refractivity contribution in [3.8, 4) is 11.1 Å². The van der Waals surface area contributed by atoms with Crippen LogP contribution in [0.1, 0.15) is 52.0 Å². The monoisotopic (exact) mass is 501 g/mol. The molecule has 0 saturated heterocycles. The molecule has 0 unspecified atom stereocenters. The lowest BCUT2D eigenvalue weighted by molar-refractivity contribution is -0.133. The van der Waals surface area contributed by atoms with Crippen LogP contribution in [-0.4, -0.2) is 33.6 Å². The van der Waals surface area contributed by atoms with Crippen molar-refractivity contribution < 1.29 is 17.7 Å². The SMILES string of the molecule is CC(C)(C)[Si](C)(C)ONC(=O)[C@@H]1CCCC[C@@H]1S(=O)(=O)CCc1ccc(-c2ccccc2)cc1. The number of hydroxylamine groups is 1. The molecule has 1 amide bonds. The molecule has 0 heterocycles. The predicted molar refractivity (Wildman–Crippen MR) is 142 cm³/mol. The molecule has 2 aromatic carbocycles. The first-order chi connectivity index (χ1) is 15.9. The molecule has 3 rings (SSSR count). The van der Waals surface area contributed by atoms with Crippen LogP contribution in [0.5, 0.6) is 0 Å². The molecule has 0 spiro atoms. The zero-order valence-corrected chi connectivity index (χ0v) is 23.0. The van der Waals surface area contributed by atoms with Crippen molar-refractivity contribution in [1.82, 2.24) is 5.48 Å². The van der Waals surface area contributed by atoms with Crippen molar-refractivity contribution in [1.29, 1.82) is 0 Å². The minimum atomic E-state index is -3.43. The first kappa shape index (κ1) is 26.6. The van der Waals surface area contributed by atoms with Crippen LogP contribution < -0.4 is 5.48 Å². The molecule has 0 bridgehead atoms. The lowest BCUT2D eigenvalue weighted by Gasteiger charge is -2.36. The summed E-state index contributed by atoms with van der Waals surface area (Å²) in [4.78, 5) is 13.0. The molecule has 1 N–H and O–H groups in total. The molecule has 1 aliphatic rings. The van der Waals surface area contributed by atoms with E-state index in [0.29, 0.717) is 19.3 Å². The van der Waals surface area contributed by atoms with Crippen LogP contribution in [-0.2, 0) is 25.6 Å². The Balaban J connectivity index is 1.63. The van der Waals surface area contributed by atoms with Gasteiger partial charge in [0.15, 0.2) is 9.84 Å². The zero-order valence-electron chi connectivity index (χ0n) is 21.1. The van der Waals surface area contributed by atoms with Gasteiger partial charge < -0.3 is 4.53 Å². The molecule has 34 heavy (non-hydrogen) atoms. The summed E-state index contributed by atoms with van der Waals surface area (Å²) < 4.78 is 32.5. The third kappa shape index (κ3) is 6.58. The van der Waals surface area contributed by atoms with Crippen molar-refractivity contribution >= 4 is 24.1 Å². The van der Waals surface area contributed by atoms with E-state index < -0.39 is 29.3 Å². The van der Waals surface area contributed by atoms with Crippen LogP contribution in [0.4, 0.5) is 0 Å². The van der Waals surface area contributed by atoms with Crippen molar-refractivity contribution in [2.24, 2.45) is 5.92 Å². The van der Waals surface area contributed by atoms with Crippen LogP contribution in [0.2, 0.25) is 18.1 Å². The van der Waals surface area contributed by atoms with Gasteiger partial charge in [0.05, 0.1) is 16.9 Å². The normalized spacial score (nSPS) is 19.6. The Bertz CT molecular complexity index is 1060. The number of carbonyl (C=O) groups is 1. The van der Waals surface area contributed by atoms with Crippen molar-refractivity contribution in [3.05, 3.63) is 60.2 Å². The number of nitrogens with one attached hydrogen (secondary N) is 1. The van der Waals surface area contributed by atoms with Gasteiger partial charge in [-0.2, -0.15) is 0 Å². The van der Waals surface area contributed by atoms with E-state index in [4.69, 9.17) is 4.53 Å². The first-order valence-electron chi connectivity index (χ1n) is 12.2. The summed E-state index contributed by atoms with van der Waals surface area (Å²) in [5.41, 5.74) is 5.89. The van der Waals surface area contributed by atoms with Crippen molar-refractivity contribution in [2.75, 3.05) is 5.75 Å². The van der Waals surface area contributed by atoms with Crippen LogP contribution in [0.3, 0.4) is 0 Å². The zero-order chi connectivity index (χ0) is 25.0. The standard InChI is InChI=1S/C27H39NO4SSi/c1-27(2,3)34(4,5)32-28-26(29)24-13-9-10-14-25(24)33(30,31)20-19-21-15-17-23(18-16-21)22-11-7-6-8-12-22/h6-8,11-12,15-18,24-25H,9-10,13-14,19-20H2,1-5H3,(H,28,29)/t24-,25+/m1/s1. The highest BCUT2D eigenvalue weighted by Crippen LogP contribution is 2.36. The molecule has 2 atom stereocenters. The highest BCUT2D eigenvalue weighted by Gasteiger charge is 2.42. The Morgan fingerprint density at radius 1 is 0.971 bits per heavy atom. The summed E-state index contributed by atoms with van der Waals surface area (Å²) >= 11 is 0. The van der Waals surface area contributed by atoms with E-state index in [0.717, 1.165) is 29.5 Å². The average Bonchev–Trinajstić information content (AvgIpc) is 2.81. The van der Waals surface area contributed by atoms with Crippen LogP contribution in [0.15, 0.2) is 54.6 Å². The number of rotatable bonds is 8. The number of carbonyl (C=O) groups excluding carboxylic acids is 1. The second-order valence-corrected chi connectivity index (χ2v) is 18.0. The first-order valence-corrected chi connectivity index (χ1v) is 16.9. The summed E-state index contributed by atoms with van der Waals surface area (Å²) in [6.45, 7) is 10.4. The van der Waals surface area contributed by atoms with Gasteiger partial charge in [-0.05, 0) is 54.1 Å². The van der Waals surface area contributed by atoms with Gasteiger partial charge >= 0.3 is 0 Å². The van der Waals surface area contributed by atoms with Crippen LogP contribution in [0, 0.1) is 5.92 Å². The predicted octanol–water partition coefficient (Wildman–Crippen LogP) is 5.92. The maximum atomic E-state index is 13.3. The molecule has 0 aromatic heterocycles. The molecule has 1 saturated carbocycles. The fraction of sp³-hybridized carbons (Fsp3) is 0.519. The molecule has 1 fully saturated rings. The van der Waals surface area contributed by atoms with Gasteiger partial charge in [-0.15, -0.1) is 0 Å². The molecule has 0 aliphatic heterocycles. The Kier molecular flexibility index (Phi) is 8.42. The summed E-state index contributed by atoms with van der Waals surface area (Å²) in [7, 11) is -5.59. The maximum absolute atomic E-state index is 13.3. The van der Waals surface area contributed by atoms with E-state index in [1.165, 1.54) is 0 Å². The minimum Gasteiger partial charge on any atom is -0.320 e. The molecule has 7 heteroatoms. The number of sulfone groups is 1. The average molecular weight is 502 g/mol. The molecule has 0 radical (unpaired) electrons. The Labute approximate surface area is 206 Å². The van der Waals surface area contributed by atoms with E-state index in [1.807, 2.05) is 42.5 Å². The Hall–Kier alpha value is -1.96. The van der Waals surface area contributed by atoms with Gasteiger partial charge in [0.25, 0.3) is 0 Å². The van der Waals surface area contributed by atoms with E-state index >= 15 is 0 Å². The largest absolute Gasteiger partial charge is 0.320 e. The van der Waals surface area contributed by atoms with Gasteiger partial charge in [-0.25, -0.2) is 13.9 Å². The third-order valence-electron chi connectivity index (χ3n) is 7.45. The molecule has 186 valence electrons. The molecule has 5 nitrogen and oxygen atoms in total. The van der Waals surface area contributed by atoms with Crippen LogP contribution in [0.25, 0.3) is 11.1 Å². The van der Waals surface area contributed by atoms with E-state index in [1.54, 1.807) is 0 Å². The second kappa shape index (κ2) is 10.8. The summed E-state index contributed by atoms with van der Waals surface area (Å²) in [6, 6.07) is 18.2. The van der Waals surface area contributed by atoms with Crippen molar-refractivity contribution in [2.45, 2.75) is 76.3 Å². The van der Waals surface area contributed by atoms with Gasteiger partial charge in [-0.3, -0.25) is 4.79 Å². The molecular formula is C27H39NO4SSi. The second-order valence-electron chi connectivity index (χ2n) is 10.9. The topological polar surface area (TPSA) is 72.5 Å². The lowest BCUT2D eigenvalue weighted by atomic mass is 9.88. The summed E-state index contributed by atoms with van der Waals surface area (Å²) in [5.74, 6) is -0.788. The number of benzene rings is 2. The minimum absolute atomic E-state index is 0.0472. The quantitative estimate of drug-likeness (QED) is 0.360. The molecular weight excluding hydrogens is 462 g/mol. The smallest absolute Gasteiger partial charge is 0.246 e. The number of aryl methyl sites for hydroxylation is 1. The fourth-order valence-corrected chi connectivity index (χ4v) is 6.91. The summed E-state index contributed by atoms with van der Waals surface area (Å²) in [5, 5.41) is -0.693. The molecule has 1 aliphatic carbocycles. The van der Waals surface area contributed by atoms with Crippen LogP contribution >= 0.6 is 0 Å². The summed E-state index contributed by atoms with van der Waals surface area (Å²) in [6.07, 6.45) is 3.27.